The second kappa shape index (κ2) is 6.13. The third-order valence-electron chi connectivity index (χ3n) is 2.37. The fourth-order valence-electron chi connectivity index (χ4n) is 1.45. The fourth-order valence-corrected chi connectivity index (χ4v) is 4.21. The van der Waals surface area contributed by atoms with Crippen molar-refractivity contribution in [1.29, 1.82) is 0 Å². The van der Waals surface area contributed by atoms with Crippen LogP contribution < -0.4 is 4.72 Å². The lowest BCUT2D eigenvalue weighted by Crippen LogP contribution is -2.23. The normalized spacial score (nSPS) is 11.5. The van der Waals surface area contributed by atoms with Crippen LogP contribution in [0.5, 0.6) is 0 Å². The van der Waals surface area contributed by atoms with E-state index in [1.807, 2.05) is 6.07 Å². The van der Waals surface area contributed by atoms with Crippen LogP contribution in [0.1, 0.15) is 5.56 Å². The van der Waals surface area contributed by atoms with Crippen molar-refractivity contribution in [3.8, 4) is 0 Å². The first kappa shape index (κ1) is 14.6. The number of nitrogens with zero attached hydrogens (tertiary/aromatic N) is 1. The summed E-state index contributed by atoms with van der Waals surface area (Å²) in [5.74, 6) is 0. The van der Waals surface area contributed by atoms with Crippen molar-refractivity contribution >= 4 is 41.9 Å². The highest BCUT2D eigenvalue weighted by Gasteiger charge is 2.17. The Morgan fingerprint density at radius 1 is 1.21 bits per heavy atom. The zero-order chi connectivity index (χ0) is 13.9. The van der Waals surface area contributed by atoms with Crippen LogP contribution in [0.25, 0.3) is 0 Å². The van der Waals surface area contributed by atoms with E-state index in [0.717, 1.165) is 10.0 Å². The number of hydrogen-bond acceptors (Lipinski definition) is 3. The highest BCUT2D eigenvalue weighted by Crippen LogP contribution is 2.25. The lowest BCUT2D eigenvalue weighted by molar-refractivity contribution is 0.580. The molecule has 0 spiro atoms. The van der Waals surface area contributed by atoms with E-state index in [9.17, 15) is 8.42 Å². The molecule has 7 heteroatoms. The summed E-state index contributed by atoms with van der Waals surface area (Å²) in [5.41, 5.74) is 0.805. The van der Waals surface area contributed by atoms with Gasteiger partial charge in [0.15, 0.2) is 0 Å². The summed E-state index contributed by atoms with van der Waals surface area (Å²) in [5, 5.41) is 0. The second-order valence-electron chi connectivity index (χ2n) is 3.76. The Hall–Kier alpha value is -0.760. The molecule has 2 rings (SSSR count). The quantitative estimate of drug-likeness (QED) is 0.850. The summed E-state index contributed by atoms with van der Waals surface area (Å²) < 4.78 is 28.2. The molecule has 0 aliphatic heterocycles. The van der Waals surface area contributed by atoms with E-state index >= 15 is 0 Å². The average Bonchev–Trinajstić information content (AvgIpc) is 2.37. The van der Waals surface area contributed by atoms with E-state index in [-0.39, 0.29) is 11.4 Å². The molecule has 0 amide bonds. The van der Waals surface area contributed by atoms with Gasteiger partial charge >= 0.3 is 0 Å². The van der Waals surface area contributed by atoms with E-state index in [2.05, 4.69) is 41.6 Å². The molecule has 2 aromatic rings. The van der Waals surface area contributed by atoms with Gasteiger partial charge in [-0.05, 0) is 45.8 Å². The number of hydrogen-bond donors (Lipinski definition) is 1. The lowest BCUT2D eigenvalue weighted by Gasteiger charge is -2.08. The summed E-state index contributed by atoms with van der Waals surface area (Å²) in [7, 11) is -3.55. The van der Waals surface area contributed by atoms with Crippen LogP contribution >= 0.6 is 31.9 Å². The fraction of sp³-hybridized carbons (Fsp3) is 0.0833. The number of nitrogens with one attached hydrogen (secondary N) is 1. The molecular formula is C12H10Br2N2O2S. The van der Waals surface area contributed by atoms with Crippen molar-refractivity contribution in [3.05, 3.63) is 57.2 Å². The van der Waals surface area contributed by atoms with Gasteiger partial charge in [-0.1, -0.05) is 22.0 Å². The summed E-state index contributed by atoms with van der Waals surface area (Å²) in [6.07, 6.45) is 3.27. The minimum absolute atomic E-state index is 0.207. The number of halogens is 2. The van der Waals surface area contributed by atoms with Gasteiger partial charge in [0.05, 0.1) is 4.90 Å². The van der Waals surface area contributed by atoms with Crippen LogP contribution in [0.2, 0.25) is 0 Å². The highest BCUT2D eigenvalue weighted by atomic mass is 79.9. The Labute approximate surface area is 128 Å². The molecule has 19 heavy (non-hydrogen) atoms. The first-order chi connectivity index (χ1) is 8.99. The highest BCUT2D eigenvalue weighted by molar-refractivity contribution is 9.11. The van der Waals surface area contributed by atoms with Gasteiger partial charge in [-0.3, -0.25) is 4.98 Å². The van der Waals surface area contributed by atoms with E-state index in [4.69, 9.17) is 0 Å². The van der Waals surface area contributed by atoms with Gasteiger partial charge in [0.25, 0.3) is 0 Å². The Balaban J connectivity index is 2.19. The third-order valence-corrected chi connectivity index (χ3v) is 5.24. The van der Waals surface area contributed by atoms with Gasteiger partial charge in [0, 0.05) is 27.9 Å². The minimum atomic E-state index is -3.55. The maximum atomic E-state index is 12.2. The molecule has 0 aliphatic carbocycles. The van der Waals surface area contributed by atoms with Crippen LogP contribution in [-0.2, 0) is 16.6 Å². The van der Waals surface area contributed by atoms with Gasteiger partial charge in [0.2, 0.25) is 10.0 Å². The van der Waals surface area contributed by atoms with Crippen LogP contribution in [0.15, 0.2) is 56.6 Å². The van der Waals surface area contributed by atoms with Gasteiger partial charge < -0.3 is 0 Å². The first-order valence-electron chi connectivity index (χ1n) is 5.33. The molecule has 0 saturated heterocycles. The van der Waals surface area contributed by atoms with E-state index < -0.39 is 10.0 Å². The molecule has 0 bridgehead atoms. The topological polar surface area (TPSA) is 59.1 Å². The van der Waals surface area contributed by atoms with Crippen LogP contribution in [-0.4, -0.2) is 13.4 Å². The first-order valence-corrected chi connectivity index (χ1v) is 8.39. The molecular weight excluding hydrogens is 396 g/mol. The lowest BCUT2D eigenvalue weighted by atomic mass is 10.3. The molecule has 1 aromatic heterocycles. The summed E-state index contributed by atoms with van der Waals surface area (Å²) in [6, 6.07) is 8.49. The Bertz CT molecular complexity index is 675. The third kappa shape index (κ3) is 3.85. The number of benzene rings is 1. The zero-order valence-corrected chi connectivity index (χ0v) is 13.7. The molecule has 0 atom stereocenters. The molecule has 0 saturated carbocycles. The standard InChI is InChI=1S/C12H10Br2N2O2S/c13-10-3-4-12(11(14)6-10)19(17,18)16-8-9-2-1-5-15-7-9/h1-7,16H,8H2. The van der Waals surface area contributed by atoms with Gasteiger partial charge in [-0.15, -0.1) is 0 Å². The Kier molecular flexibility index (Phi) is 4.72. The van der Waals surface area contributed by atoms with Crippen molar-refractivity contribution in [3.63, 3.8) is 0 Å². The maximum absolute atomic E-state index is 12.2. The van der Waals surface area contributed by atoms with Crippen molar-refractivity contribution in [2.75, 3.05) is 0 Å². The molecule has 0 fully saturated rings. The molecule has 1 aromatic carbocycles. The average molecular weight is 406 g/mol. The Morgan fingerprint density at radius 3 is 2.63 bits per heavy atom. The zero-order valence-electron chi connectivity index (χ0n) is 9.68. The van der Waals surface area contributed by atoms with E-state index in [1.54, 1.807) is 36.7 Å². The van der Waals surface area contributed by atoms with Gasteiger partial charge in [-0.25, -0.2) is 13.1 Å². The second-order valence-corrected chi connectivity index (χ2v) is 7.27. The van der Waals surface area contributed by atoms with Crippen molar-refractivity contribution in [1.82, 2.24) is 9.71 Å². The SMILES string of the molecule is O=S(=O)(NCc1cccnc1)c1ccc(Br)cc1Br. The monoisotopic (exact) mass is 404 g/mol. The number of rotatable bonds is 4. The van der Waals surface area contributed by atoms with Gasteiger partial charge in [0.1, 0.15) is 0 Å². The molecule has 0 aliphatic rings. The largest absolute Gasteiger partial charge is 0.264 e. The molecule has 100 valence electrons. The predicted octanol–water partition coefficient (Wildman–Crippen LogP) is 3.09. The molecule has 4 nitrogen and oxygen atoms in total. The molecule has 0 radical (unpaired) electrons. The van der Waals surface area contributed by atoms with Crippen molar-refractivity contribution in [2.45, 2.75) is 11.4 Å². The number of pyridine rings is 1. The summed E-state index contributed by atoms with van der Waals surface area (Å²) in [6.45, 7) is 0.207. The van der Waals surface area contributed by atoms with E-state index in [0.29, 0.717) is 4.47 Å². The van der Waals surface area contributed by atoms with Crippen LogP contribution in [0, 0.1) is 0 Å². The van der Waals surface area contributed by atoms with E-state index in [1.165, 1.54) is 0 Å². The van der Waals surface area contributed by atoms with Crippen molar-refractivity contribution in [2.24, 2.45) is 0 Å². The smallest absolute Gasteiger partial charge is 0.241 e. The maximum Gasteiger partial charge on any atom is 0.241 e. The Morgan fingerprint density at radius 2 is 2.00 bits per heavy atom. The molecule has 1 heterocycles. The number of sulfonamides is 1. The predicted molar refractivity (Wildman–Crippen MR) is 80.1 cm³/mol. The summed E-state index contributed by atoms with van der Waals surface area (Å²) in [4.78, 5) is 4.14. The van der Waals surface area contributed by atoms with Crippen molar-refractivity contribution < 1.29 is 8.42 Å². The molecule has 0 unspecified atom stereocenters. The summed E-state index contributed by atoms with van der Waals surface area (Å²) >= 11 is 6.53. The molecule has 1 N–H and O–H groups in total. The minimum Gasteiger partial charge on any atom is -0.264 e. The number of aromatic nitrogens is 1. The van der Waals surface area contributed by atoms with Crippen LogP contribution in [0.3, 0.4) is 0 Å². The van der Waals surface area contributed by atoms with Crippen LogP contribution in [0.4, 0.5) is 0 Å². The van der Waals surface area contributed by atoms with Gasteiger partial charge in [-0.2, -0.15) is 0 Å².